The molecular weight excluding hydrogens is 144 g/mol. The highest BCUT2D eigenvalue weighted by atomic mass is 16.3. The van der Waals surface area contributed by atoms with E-state index in [9.17, 15) is 5.11 Å². The zero-order valence-electron chi connectivity index (χ0n) is 6.36. The van der Waals surface area contributed by atoms with Crippen LogP contribution in [0.1, 0.15) is 13.3 Å². The Morgan fingerprint density at radius 2 is 2.09 bits per heavy atom. The fourth-order valence-electron chi connectivity index (χ4n) is 1.12. The van der Waals surface area contributed by atoms with Gasteiger partial charge in [0.2, 0.25) is 0 Å². The third-order valence-corrected chi connectivity index (χ3v) is 1.79. The Labute approximate surface area is 65.3 Å². The van der Waals surface area contributed by atoms with E-state index in [4.69, 9.17) is 10.2 Å². The minimum Gasteiger partial charge on any atom is -0.508 e. The van der Waals surface area contributed by atoms with Gasteiger partial charge in [0, 0.05) is 0 Å². The van der Waals surface area contributed by atoms with Gasteiger partial charge in [0.25, 0.3) is 0 Å². The lowest BCUT2D eigenvalue weighted by Crippen LogP contribution is -2.28. The van der Waals surface area contributed by atoms with Crippen LogP contribution in [0, 0.1) is 0 Å². The van der Waals surface area contributed by atoms with Crippen molar-refractivity contribution in [1.82, 2.24) is 0 Å². The Kier molecular flexibility index (Phi) is 2.31. The Morgan fingerprint density at radius 1 is 1.45 bits per heavy atom. The van der Waals surface area contributed by atoms with Crippen LogP contribution in [0.3, 0.4) is 0 Å². The summed E-state index contributed by atoms with van der Waals surface area (Å²) < 4.78 is 0. The molecule has 0 aromatic rings. The van der Waals surface area contributed by atoms with Crippen molar-refractivity contribution < 1.29 is 15.3 Å². The highest BCUT2D eigenvalue weighted by Crippen LogP contribution is 2.19. The van der Waals surface area contributed by atoms with Gasteiger partial charge in [0.1, 0.15) is 18.0 Å². The molecule has 1 aliphatic carbocycles. The van der Waals surface area contributed by atoms with Gasteiger partial charge in [-0.3, -0.25) is 0 Å². The normalized spacial score (nSPS) is 31.2. The highest BCUT2D eigenvalue weighted by Gasteiger charge is 2.21. The number of rotatable bonds is 1. The maximum absolute atomic E-state index is 9.28. The molecule has 2 atom stereocenters. The van der Waals surface area contributed by atoms with E-state index in [1.165, 1.54) is 12.2 Å². The lowest BCUT2D eigenvalue weighted by molar-refractivity contribution is 0.0662. The molecule has 0 aliphatic heterocycles. The summed E-state index contributed by atoms with van der Waals surface area (Å²) in [4.78, 5) is 0. The van der Waals surface area contributed by atoms with Crippen molar-refractivity contribution in [3.8, 4) is 0 Å². The third kappa shape index (κ3) is 1.61. The average molecular weight is 156 g/mol. The molecule has 0 unspecified atom stereocenters. The Hall–Kier alpha value is -0.800. The second-order valence-corrected chi connectivity index (χ2v) is 2.60. The smallest absolute Gasteiger partial charge is 0.114 e. The van der Waals surface area contributed by atoms with E-state index in [1.807, 2.05) is 6.92 Å². The fraction of sp³-hybridized carbons (Fsp3) is 0.500. The molecule has 3 N–H and O–H groups in total. The predicted molar refractivity (Wildman–Crippen MR) is 41.1 cm³/mol. The van der Waals surface area contributed by atoms with Crippen LogP contribution in [0.15, 0.2) is 23.5 Å². The van der Waals surface area contributed by atoms with Crippen molar-refractivity contribution in [3.63, 3.8) is 0 Å². The lowest BCUT2D eigenvalue weighted by Gasteiger charge is -2.21. The van der Waals surface area contributed by atoms with Gasteiger partial charge in [-0.2, -0.15) is 0 Å². The first-order valence-corrected chi connectivity index (χ1v) is 3.62. The molecule has 1 aliphatic rings. The zero-order chi connectivity index (χ0) is 8.43. The zero-order valence-corrected chi connectivity index (χ0v) is 6.36. The van der Waals surface area contributed by atoms with Gasteiger partial charge < -0.3 is 15.3 Å². The van der Waals surface area contributed by atoms with Crippen molar-refractivity contribution in [2.45, 2.75) is 25.6 Å². The first-order chi connectivity index (χ1) is 5.15. The topological polar surface area (TPSA) is 60.7 Å². The molecule has 0 saturated heterocycles. The maximum atomic E-state index is 9.28. The molecule has 0 amide bonds. The molecule has 0 aromatic heterocycles. The van der Waals surface area contributed by atoms with Gasteiger partial charge in [0.05, 0.1) is 0 Å². The van der Waals surface area contributed by atoms with E-state index < -0.39 is 12.2 Å². The molecule has 0 heterocycles. The second kappa shape index (κ2) is 3.07. The fourth-order valence-corrected chi connectivity index (χ4v) is 1.12. The molecule has 0 bridgehead atoms. The van der Waals surface area contributed by atoms with Crippen LogP contribution in [0.2, 0.25) is 0 Å². The molecule has 0 saturated carbocycles. The summed E-state index contributed by atoms with van der Waals surface area (Å²) in [5.41, 5.74) is 0.664. The van der Waals surface area contributed by atoms with Gasteiger partial charge in [0.15, 0.2) is 0 Å². The third-order valence-electron chi connectivity index (χ3n) is 1.79. The Bertz CT molecular complexity index is 205. The summed E-state index contributed by atoms with van der Waals surface area (Å²) in [5.74, 6) is 0.0275. The molecule has 0 radical (unpaired) electrons. The van der Waals surface area contributed by atoms with Gasteiger partial charge in [-0.05, 0) is 24.1 Å². The molecule has 0 fully saturated rings. The van der Waals surface area contributed by atoms with Crippen LogP contribution in [0.4, 0.5) is 0 Å². The Morgan fingerprint density at radius 3 is 2.64 bits per heavy atom. The molecule has 3 heteroatoms. The summed E-state index contributed by atoms with van der Waals surface area (Å²) in [6.07, 6.45) is 1.53. The average Bonchev–Trinajstić information content (AvgIpc) is 1.96. The van der Waals surface area contributed by atoms with E-state index in [0.717, 1.165) is 0 Å². The molecule has 0 spiro atoms. The summed E-state index contributed by atoms with van der Waals surface area (Å²) >= 11 is 0. The van der Waals surface area contributed by atoms with Crippen molar-refractivity contribution >= 4 is 0 Å². The molecular formula is C8H12O3. The van der Waals surface area contributed by atoms with Gasteiger partial charge >= 0.3 is 0 Å². The summed E-state index contributed by atoms with van der Waals surface area (Å²) in [7, 11) is 0. The molecule has 62 valence electrons. The first-order valence-electron chi connectivity index (χ1n) is 3.62. The maximum Gasteiger partial charge on any atom is 0.114 e. The minimum absolute atomic E-state index is 0.0275. The number of hydrogen-bond acceptors (Lipinski definition) is 3. The van der Waals surface area contributed by atoms with Crippen molar-refractivity contribution in [2.24, 2.45) is 0 Å². The van der Waals surface area contributed by atoms with Crippen molar-refractivity contribution in [1.29, 1.82) is 0 Å². The Balaban J connectivity index is 2.84. The van der Waals surface area contributed by atoms with Crippen LogP contribution >= 0.6 is 0 Å². The van der Waals surface area contributed by atoms with Crippen LogP contribution < -0.4 is 0 Å². The van der Waals surface area contributed by atoms with E-state index in [2.05, 4.69) is 0 Å². The number of hydrogen-bond donors (Lipinski definition) is 3. The summed E-state index contributed by atoms with van der Waals surface area (Å²) in [6, 6.07) is 0. The van der Waals surface area contributed by atoms with E-state index in [0.29, 0.717) is 12.0 Å². The van der Waals surface area contributed by atoms with Crippen LogP contribution in [-0.4, -0.2) is 27.5 Å². The molecule has 0 aromatic carbocycles. The summed E-state index contributed by atoms with van der Waals surface area (Å²) in [6.45, 7) is 1.86. The molecule has 11 heavy (non-hydrogen) atoms. The highest BCUT2D eigenvalue weighted by molar-refractivity contribution is 5.28. The van der Waals surface area contributed by atoms with Gasteiger partial charge in [-0.1, -0.05) is 6.92 Å². The molecule has 1 rings (SSSR count). The monoisotopic (exact) mass is 156 g/mol. The predicted octanol–water partition coefficient (Wildman–Crippen LogP) is 0.500. The number of aliphatic hydroxyl groups is 3. The quantitative estimate of drug-likeness (QED) is 0.518. The van der Waals surface area contributed by atoms with Gasteiger partial charge in [-0.25, -0.2) is 0 Å². The SMILES string of the molecule is CCC1=CC(O)=C[C@H](O)[C@@H]1O. The van der Waals surface area contributed by atoms with Gasteiger partial charge in [-0.15, -0.1) is 0 Å². The van der Waals surface area contributed by atoms with Crippen LogP contribution in [0.5, 0.6) is 0 Å². The van der Waals surface area contributed by atoms with Crippen LogP contribution in [-0.2, 0) is 0 Å². The second-order valence-electron chi connectivity index (χ2n) is 2.60. The number of allylic oxidation sites excluding steroid dienone is 1. The standard InChI is InChI=1S/C8H12O3/c1-2-5-3-6(9)4-7(10)8(5)11/h3-4,7-11H,2H2,1H3/t7-,8+/m0/s1. The summed E-state index contributed by atoms with van der Waals surface area (Å²) in [5, 5.41) is 27.4. The van der Waals surface area contributed by atoms with E-state index in [1.54, 1.807) is 0 Å². The lowest BCUT2D eigenvalue weighted by atomic mass is 9.96. The molecule has 3 nitrogen and oxygen atoms in total. The largest absolute Gasteiger partial charge is 0.508 e. The van der Waals surface area contributed by atoms with E-state index >= 15 is 0 Å². The van der Waals surface area contributed by atoms with Crippen molar-refractivity contribution in [3.05, 3.63) is 23.5 Å². The number of aliphatic hydroxyl groups excluding tert-OH is 3. The van der Waals surface area contributed by atoms with E-state index in [-0.39, 0.29) is 5.76 Å². The van der Waals surface area contributed by atoms with Crippen molar-refractivity contribution in [2.75, 3.05) is 0 Å². The van der Waals surface area contributed by atoms with Crippen LogP contribution in [0.25, 0.3) is 0 Å². The first kappa shape index (κ1) is 8.30. The minimum atomic E-state index is -0.963.